The van der Waals surface area contributed by atoms with Crippen LogP contribution in [0.5, 0.6) is 11.5 Å². The Morgan fingerprint density at radius 3 is 2.52 bits per heavy atom. The number of nitrogens with one attached hydrogen (secondary N) is 1. The maximum absolute atomic E-state index is 12.6. The summed E-state index contributed by atoms with van der Waals surface area (Å²) in [6, 6.07) is 8.25. The molecule has 0 aliphatic carbocycles. The number of nitrogens with zero attached hydrogens (tertiary/aromatic N) is 3. The molecule has 0 unspecified atom stereocenters. The van der Waals surface area contributed by atoms with Gasteiger partial charge in [-0.25, -0.2) is 9.67 Å². The van der Waals surface area contributed by atoms with E-state index in [9.17, 15) is 9.59 Å². The predicted octanol–water partition coefficient (Wildman–Crippen LogP) is 3.21. The van der Waals surface area contributed by atoms with Gasteiger partial charge in [-0.1, -0.05) is 0 Å². The number of amides is 1. The van der Waals surface area contributed by atoms with Gasteiger partial charge in [-0.15, -0.1) is 11.3 Å². The quantitative estimate of drug-likeness (QED) is 0.547. The minimum Gasteiger partial charge on any atom is -0.490 e. The van der Waals surface area contributed by atoms with Crippen LogP contribution in [0.1, 0.15) is 34.9 Å². The number of aromatic nitrogens is 3. The topological polar surface area (TPSA) is 95.3 Å². The van der Waals surface area contributed by atoms with E-state index in [2.05, 4.69) is 15.4 Å². The minimum absolute atomic E-state index is 0.225. The lowest BCUT2D eigenvalue weighted by atomic mass is 10.2. The van der Waals surface area contributed by atoms with Gasteiger partial charge in [-0.2, -0.15) is 5.10 Å². The second-order valence-electron chi connectivity index (χ2n) is 6.71. The zero-order chi connectivity index (χ0) is 22.4. The SMILES string of the molecule is CCOc1ccc(C(=O)NCCn2nc(-c3sc(C)nc3C)ccc2=O)cc1OCC. The molecule has 3 aromatic rings. The third-order valence-corrected chi connectivity index (χ3v) is 5.51. The van der Waals surface area contributed by atoms with Crippen molar-refractivity contribution in [3.8, 4) is 22.1 Å². The Balaban J connectivity index is 1.68. The molecule has 1 amide bonds. The summed E-state index contributed by atoms with van der Waals surface area (Å²) in [5, 5.41) is 8.21. The van der Waals surface area contributed by atoms with Crippen LogP contribution in [-0.2, 0) is 6.54 Å². The van der Waals surface area contributed by atoms with Crippen LogP contribution in [0, 0.1) is 13.8 Å². The number of hydrogen-bond acceptors (Lipinski definition) is 7. The molecule has 1 aromatic carbocycles. The summed E-state index contributed by atoms with van der Waals surface area (Å²) in [6.07, 6.45) is 0. The van der Waals surface area contributed by atoms with E-state index in [0.29, 0.717) is 36.0 Å². The van der Waals surface area contributed by atoms with Crippen LogP contribution in [0.2, 0.25) is 0 Å². The lowest BCUT2D eigenvalue weighted by Crippen LogP contribution is -2.32. The average molecular weight is 443 g/mol. The molecule has 0 fully saturated rings. The summed E-state index contributed by atoms with van der Waals surface area (Å²) >= 11 is 1.54. The number of aryl methyl sites for hydroxylation is 2. The summed E-state index contributed by atoms with van der Waals surface area (Å²) in [5.41, 5.74) is 1.81. The van der Waals surface area contributed by atoms with Gasteiger partial charge in [0.1, 0.15) is 5.69 Å². The average Bonchev–Trinajstić information content (AvgIpc) is 3.09. The van der Waals surface area contributed by atoms with Gasteiger partial charge in [-0.3, -0.25) is 9.59 Å². The van der Waals surface area contributed by atoms with Crippen LogP contribution in [-0.4, -0.2) is 40.4 Å². The Hall–Kier alpha value is -3.20. The number of hydrogen-bond donors (Lipinski definition) is 1. The summed E-state index contributed by atoms with van der Waals surface area (Å²) in [5.74, 6) is 0.863. The number of ether oxygens (including phenoxy) is 2. The third-order valence-electron chi connectivity index (χ3n) is 4.42. The van der Waals surface area contributed by atoms with E-state index >= 15 is 0 Å². The molecular formula is C22H26N4O4S. The molecule has 0 spiro atoms. The van der Waals surface area contributed by atoms with Gasteiger partial charge in [0, 0.05) is 18.2 Å². The van der Waals surface area contributed by atoms with Gasteiger partial charge in [0.15, 0.2) is 11.5 Å². The van der Waals surface area contributed by atoms with Crippen LogP contribution in [0.15, 0.2) is 35.1 Å². The molecule has 0 aliphatic heterocycles. The monoisotopic (exact) mass is 442 g/mol. The number of rotatable bonds is 9. The molecule has 0 saturated heterocycles. The van der Waals surface area contributed by atoms with Crippen LogP contribution < -0.4 is 20.3 Å². The van der Waals surface area contributed by atoms with E-state index in [4.69, 9.17) is 9.47 Å². The van der Waals surface area contributed by atoms with Crippen LogP contribution >= 0.6 is 11.3 Å². The molecule has 9 heteroatoms. The van der Waals surface area contributed by atoms with Crippen LogP contribution in [0.4, 0.5) is 0 Å². The maximum atomic E-state index is 12.6. The number of thiazole rings is 1. The molecule has 8 nitrogen and oxygen atoms in total. The zero-order valence-corrected chi connectivity index (χ0v) is 18.9. The highest BCUT2D eigenvalue weighted by Gasteiger charge is 2.13. The Bertz CT molecular complexity index is 1120. The molecule has 164 valence electrons. The highest BCUT2D eigenvalue weighted by atomic mass is 32.1. The highest BCUT2D eigenvalue weighted by Crippen LogP contribution is 2.29. The van der Waals surface area contributed by atoms with Gasteiger partial charge in [0.2, 0.25) is 0 Å². The van der Waals surface area contributed by atoms with E-state index < -0.39 is 0 Å². The first-order chi connectivity index (χ1) is 14.9. The highest BCUT2D eigenvalue weighted by molar-refractivity contribution is 7.15. The van der Waals surface area contributed by atoms with E-state index in [1.54, 1.807) is 24.3 Å². The fraction of sp³-hybridized carbons (Fsp3) is 0.364. The van der Waals surface area contributed by atoms with Crippen LogP contribution in [0.3, 0.4) is 0 Å². The van der Waals surface area contributed by atoms with Gasteiger partial charge in [-0.05, 0) is 52.0 Å². The molecule has 0 atom stereocenters. The normalized spacial score (nSPS) is 10.7. The van der Waals surface area contributed by atoms with Gasteiger partial charge in [0.05, 0.1) is 35.3 Å². The lowest BCUT2D eigenvalue weighted by Gasteiger charge is -2.12. The van der Waals surface area contributed by atoms with Crippen molar-refractivity contribution in [2.45, 2.75) is 34.2 Å². The standard InChI is InChI=1S/C22H26N4O4S/c1-5-29-18-9-7-16(13-19(18)30-6-2)22(28)23-11-12-26-20(27)10-8-17(25-26)21-14(3)24-15(4)31-21/h7-10,13H,5-6,11-12H2,1-4H3,(H,23,28). The van der Waals surface area contributed by atoms with Gasteiger partial charge >= 0.3 is 0 Å². The number of carbonyl (C=O) groups excluding carboxylic acids is 1. The van der Waals surface area contributed by atoms with Crippen LogP contribution in [0.25, 0.3) is 10.6 Å². The van der Waals surface area contributed by atoms with Crippen molar-refractivity contribution < 1.29 is 14.3 Å². The Labute approximate surface area is 184 Å². The van der Waals surface area contributed by atoms with Crippen molar-refractivity contribution in [3.05, 3.63) is 57.0 Å². The fourth-order valence-electron chi connectivity index (χ4n) is 3.07. The van der Waals surface area contributed by atoms with E-state index in [-0.39, 0.29) is 24.6 Å². The van der Waals surface area contributed by atoms with Crippen molar-refractivity contribution in [3.63, 3.8) is 0 Å². The van der Waals surface area contributed by atoms with Gasteiger partial charge < -0.3 is 14.8 Å². The first-order valence-corrected chi connectivity index (χ1v) is 10.9. The molecule has 0 saturated carbocycles. The summed E-state index contributed by atoms with van der Waals surface area (Å²) in [4.78, 5) is 30.1. The van der Waals surface area contributed by atoms with Crippen molar-refractivity contribution in [1.82, 2.24) is 20.1 Å². The molecule has 3 rings (SSSR count). The Kier molecular flexibility index (Phi) is 7.41. The van der Waals surface area contributed by atoms with E-state index in [1.165, 1.54) is 22.1 Å². The second kappa shape index (κ2) is 10.2. The molecule has 2 aromatic heterocycles. The van der Waals surface area contributed by atoms with Crippen molar-refractivity contribution in [2.75, 3.05) is 19.8 Å². The number of benzene rings is 1. The largest absolute Gasteiger partial charge is 0.490 e. The summed E-state index contributed by atoms with van der Waals surface area (Å²) in [6.45, 7) is 9.10. The molecule has 2 heterocycles. The summed E-state index contributed by atoms with van der Waals surface area (Å²) in [7, 11) is 0. The molecule has 31 heavy (non-hydrogen) atoms. The lowest BCUT2D eigenvalue weighted by molar-refractivity contribution is 0.0951. The molecular weight excluding hydrogens is 416 g/mol. The molecule has 0 bridgehead atoms. The van der Waals surface area contributed by atoms with Crippen molar-refractivity contribution >= 4 is 17.2 Å². The Morgan fingerprint density at radius 2 is 1.84 bits per heavy atom. The third kappa shape index (κ3) is 5.49. The van der Waals surface area contributed by atoms with E-state index in [0.717, 1.165) is 15.6 Å². The zero-order valence-electron chi connectivity index (χ0n) is 18.1. The second-order valence-corrected chi connectivity index (χ2v) is 7.91. The summed E-state index contributed by atoms with van der Waals surface area (Å²) < 4.78 is 12.5. The first-order valence-electron chi connectivity index (χ1n) is 10.1. The molecule has 0 radical (unpaired) electrons. The number of carbonyl (C=O) groups is 1. The maximum Gasteiger partial charge on any atom is 0.266 e. The molecule has 0 aliphatic rings. The first kappa shape index (κ1) is 22.5. The molecule has 1 N–H and O–H groups in total. The van der Waals surface area contributed by atoms with E-state index in [1.807, 2.05) is 27.7 Å². The smallest absolute Gasteiger partial charge is 0.266 e. The fourth-order valence-corrected chi connectivity index (χ4v) is 3.95. The minimum atomic E-state index is -0.262. The van der Waals surface area contributed by atoms with Crippen molar-refractivity contribution in [2.24, 2.45) is 0 Å². The van der Waals surface area contributed by atoms with Gasteiger partial charge in [0.25, 0.3) is 11.5 Å². The van der Waals surface area contributed by atoms with Crippen molar-refractivity contribution in [1.29, 1.82) is 0 Å². The predicted molar refractivity (Wildman–Crippen MR) is 120 cm³/mol. The Morgan fingerprint density at radius 1 is 1.10 bits per heavy atom.